The van der Waals surface area contributed by atoms with Crippen molar-refractivity contribution in [3.05, 3.63) is 31.0 Å². The van der Waals surface area contributed by atoms with Crippen molar-refractivity contribution in [1.29, 1.82) is 0 Å². The van der Waals surface area contributed by atoms with E-state index < -0.39 is 0 Å². The van der Waals surface area contributed by atoms with Gasteiger partial charge in [-0.2, -0.15) is 5.10 Å². The minimum atomic E-state index is 0.403. The maximum Gasteiger partial charge on any atom is 0.141 e. The van der Waals surface area contributed by atoms with Crippen molar-refractivity contribution in [3.63, 3.8) is 0 Å². The zero-order chi connectivity index (χ0) is 15.6. The molecule has 0 unspecified atom stereocenters. The highest BCUT2D eigenvalue weighted by Gasteiger charge is 2.26. The number of rotatable bonds is 5. The second-order valence-corrected chi connectivity index (χ2v) is 6.36. The Morgan fingerprint density at radius 1 is 1.30 bits per heavy atom. The molecule has 3 heterocycles. The zero-order valence-electron chi connectivity index (χ0n) is 13.2. The lowest BCUT2D eigenvalue weighted by molar-refractivity contribution is 0.296. The summed E-state index contributed by atoms with van der Waals surface area (Å²) >= 11 is 0. The van der Waals surface area contributed by atoms with E-state index in [4.69, 9.17) is 5.73 Å². The van der Waals surface area contributed by atoms with Gasteiger partial charge in [0, 0.05) is 23.3 Å². The van der Waals surface area contributed by atoms with Crippen LogP contribution in [0.1, 0.15) is 38.1 Å². The van der Waals surface area contributed by atoms with Crippen LogP contribution in [-0.2, 0) is 0 Å². The molecule has 0 bridgehead atoms. The average molecular weight is 310 g/mol. The Kier molecular flexibility index (Phi) is 3.83. The topological polar surface area (TPSA) is 85.4 Å². The van der Waals surface area contributed by atoms with Gasteiger partial charge in [-0.05, 0) is 37.8 Å². The van der Waals surface area contributed by atoms with Gasteiger partial charge in [-0.1, -0.05) is 12.8 Å². The maximum absolute atomic E-state index is 5.85. The molecule has 1 aliphatic carbocycles. The van der Waals surface area contributed by atoms with Crippen molar-refractivity contribution >= 4 is 11.0 Å². The van der Waals surface area contributed by atoms with Crippen molar-refractivity contribution < 1.29 is 0 Å². The number of aromatic amines is 1. The van der Waals surface area contributed by atoms with E-state index in [9.17, 15) is 0 Å². The summed E-state index contributed by atoms with van der Waals surface area (Å²) in [4.78, 5) is 11.8. The van der Waals surface area contributed by atoms with Gasteiger partial charge in [-0.3, -0.25) is 4.68 Å². The molecule has 0 saturated heterocycles. The molecule has 3 aromatic rings. The van der Waals surface area contributed by atoms with Gasteiger partial charge in [0.1, 0.15) is 12.0 Å². The molecule has 1 saturated carbocycles. The summed E-state index contributed by atoms with van der Waals surface area (Å²) in [5.74, 6) is 0.698. The second-order valence-electron chi connectivity index (χ2n) is 6.36. The van der Waals surface area contributed by atoms with Gasteiger partial charge in [0.05, 0.1) is 17.9 Å². The van der Waals surface area contributed by atoms with Gasteiger partial charge in [0.2, 0.25) is 0 Å². The Labute approximate surface area is 135 Å². The van der Waals surface area contributed by atoms with E-state index in [1.165, 1.54) is 25.7 Å². The number of aromatic nitrogens is 5. The van der Waals surface area contributed by atoms with Gasteiger partial charge in [-0.15, -0.1) is 0 Å². The fourth-order valence-corrected chi connectivity index (χ4v) is 3.84. The predicted molar refractivity (Wildman–Crippen MR) is 89.8 cm³/mol. The van der Waals surface area contributed by atoms with Crippen LogP contribution < -0.4 is 5.73 Å². The van der Waals surface area contributed by atoms with Gasteiger partial charge < -0.3 is 10.7 Å². The van der Waals surface area contributed by atoms with Gasteiger partial charge >= 0.3 is 0 Å². The SMILES string of the molecule is NCC[C@H](C1CCCC1)n1cc(-c2ncnc3[nH]ccc23)cn1. The van der Waals surface area contributed by atoms with E-state index in [-0.39, 0.29) is 0 Å². The third kappa shape index (κ3) is 2.63. The zero-order valence-corrected chi connectivity index (χ0v) is 13.2. The normalized spacial score (nSPS) is 17.1. The third-order valence-electron chi connectivity index (χ3n) is 4.98. The molecule has 0 radical (unpaired) electrons. The van der Waals surface area contributed by atoms with Crippen molar-refractivity contribution in [1.82, 2.24) is 24.7 Å². The van der Waals surface area contributed by atoms with Crippen LogP contribution in [0.15, 0.2) is 31.0 Å². The van der Waals surface area contributed by atoms with Crippen LogP contribution in [0.5, 0.6) is 0 Å². The lowest BCUT2D eigenvalue weighted by Gasteiger charge is -2.23. The molecule has 0 aliphatic heterocycles. The molecule has 1 fully saturated rings. The van der Waals surface area contributed by atoms with Crippen LogP contribution in [0, 0.1) is 5.92 Å². The minimum absolute atomic E-state index is 0.403. The van der Waals surface area contributed by atoms with Crippen LogP contribution >= 0.6 is 0 Å². The number of hydrogen-bond acceptors (Lipinski definition) is 4. The second kappa shape index (κ2) is 6.12. The summed E-state index contributed by atoms with van der Waals surface area (Å²) < 4.78 is 2.11. The highest BCUT2D eigenvalue weighted by molar-refractivity contribution is 5.89. The number of nitrogens with two attached hydrogens (primary N) is 1. The lowest BCUT2D eigenvalue weighted by Crippen LogP contribution is -2.21. The summed E-state index contributed by atoms with van der Waals surface area (Å²) in [6.45, 7) is 0.700. The first-order valence-electron chi connectivity index (χ1n) is 8.39. The summed E-state index contributed by atoms with van der Waals surface area (Å²) in [6.07, 6.45) is 13.7. The number of nitrogens with one attached hydrogen (secondary N) is 1. The van der Waals surface area contributed by atoms with E-state index in [1.807, 2.05) is 18.5 Å². The van der Waals surface area contributed by atoms with Crippen LogP contribution in [0.25, 0.3) is 22.3 Å². The fraction of sp³-hybridized carbons (Fsp3) is 0.471. The minimum Gasteiger partial charge on any atom is -0.346 e. The van der Waals surface area contributed by atoms with Crippen molar-refractivity contribution in [2.24, 2.45) is 11.7 Å². The molecule has 4 rings (SSSR count). The molecule has 120 valence electrons. The first-order chi connectivity index (χ1) is 11.4. The number of hydrogen-bond donors (Lipinski definition) is 2. The molecule has 0 aromatic carbocycles. The van der Waals surface area contributed by atoms with Crippen molar-refractivity contribution in [2.45, 2.75) is 38.1 Å². The summed E-state index contributed by atoms with van der Waals surface area (Å²) in [5.41, 5.74) is 8.68. The first-order valence-corrected chi connectivity index (χ1v) is 8.39. The third-order valence-corrected chi connectivity index (χ3v) is 4.98. The Balaban J connectivity index is 1.68. The van der Waals surface area contributed by atoms with E-state index in [0.717, 1.165) is 28.7 Å². The molecule has 1 aliphatic rings. The fourth-order valence-electron chi connectivity index (χ4n) is 3.84. The van der Waals surface area contributed by atoms with Gasteiger partial charge in [-0.25, -0.2) is 9.97 Å². The van der Waals surface area contributed by atoms with E-state index in [1.54, 1.807) is 6.33 Å². The van der Waals surface area contributed by atoms with Crippen LogP contribution in [-0.4, -0.2) is 31.3 Å². The molecule has 1 atom stereocenters. The van der Waals surface area contributed by atoms with Crippen molar-refractivity contribution in [3.8, 4) is 11.3 Å². The molecule has 3 N–H and O–H groups in total. The summed E-state index contributed by atoms with van der Waals surface area (Å²) in [6, 6.07) is 2.41. The molecular weight excluding hydrogens is 288 g/mol. The van der Waals surface area contributed by atoms with Crippen LogP contribution in [0.2, 0.25) is 0 Å². The molecule has 3 aromatic heterocycles. The Morgan fingerprint density at radius 3 is 3.00 bits per heavy atom. The average Bonchev–Trinajstić information content (AvgIpc) is 3.32. The summed E-state index contributed by atoms with van der Waals surface area (Å²) in [5, 5.41) is 5.67. The molecular formula is C17H22N6. The van der Waals surface area contributed by atoms with E-state index in [0.29, 0.717) is 18.5 Å². The van der Waals surface area contributed by atoms with E-state index in [2.05, 4.69) is 30.9 Å². The Bertz CT molecular complexity index is 783. The molecule has 0 spiro atoms. The smallest absolute Gasteiger partial charge is 0.141 e. The predicted octanol–water partition coefficient (Wildman–Crippen LogP) is 2.90. The molecule has 23 heavy (non-hydrogen) atoms. The molecule has 6 heteroatoms. The van der Waals surface area contributed by atoms with E-state index >= 15 is 0 Å². The lowest BCUT2D eigenvalue weighted by atomic mass is 9.95. The van der Waals surface area contributed by atoms with Gasteiger partial charge in [0.25, 0.3) is 0 Å². The van der Waals surface area contributed by atoms with Gasteiger partial charge in [0.15, 0.2) is 0 Å². The number of fused-ring (bicyclic) bond motifs is 1. The molecule has 6 nitrogen and oxygen atoms in total. The van der Waals surface area contributed by atoms with Crippen LogP contribution in [0.4, 0.5) is 0 Å². The van der Waals surface area contributed by atoms with Crippen LogP contribution in [0.3, 0.4) is 0 Å². The van der Waals surface area contributed by atoms with Crippen molar-refractivity contribution in [2.75, 3.05) is 6.54 Å². The Morgan fingerprint density at radius 2 is 2.17 bits per heavy atom. The number of nitrogens with zero attached hydrogens (tertiary/aromatic N) is 4. The Hall–Kier alpha value is -2.21. The highest BCUT2D eigenvalue weighted by Crippen LogP contribution is 2.36. The monoisotopic (exact) mass is 310 g/mol. The highest BCUT2D eigenvalue weighted by atomic mass is 15.3. The molecule has 0 amide bonds. The first kappa shape index (κ1) is 14.4. The quantitative estimate of drug-likeness (QED) is 0.758. The largest absolute Gasteiger partial charge is 0.346 e. The maximum atomic E-state index is 5.85. The summed E-state index contributed by atoms with van der Waals surface area (Å²) in [7, 11) is 0. The standard InChI is InChI=1S/C17H22N6/c18-7-5-15(12-3-1-2-4-12)23-10-13(9-22-23)16-14-6-8-19-17(14)21-11-20-16/h6,8-12,15H,1-5,7,18H2,(H,19,20,21)/t15-/m1/s1. The number of H-pyrrole nitrogens is 1.